The van der Waals surface area contributed by atoms with E-state index in [1.54, 1.807) is 19.1 Å². The molecule has 0 radical (unpaired) electrons. The highest BCUT2D eigenvalue weighted by molar-refractivity contribution is 7.87. The number of para-hydroxylation sites is 1. The van der Waals surface area contributed by atoms with Gasteiger partial charge in [0.05, 0.1) is 24.4 Å². The SMILES string of the molecule is CCOC(=O)c1ccccc1NC(=O)CN1CCN(Cc2ccc(F)cc2Cl)S1(=O)=O. The van der Waals surface area contributed by atoms with Gasteiger partial charge in [-0.05, 0) is 36.8 Å². The number of carbonyl (C=O) groups is 2. The van der Waals surface area contributed by atoms with E-state index in [9.17, 15) is 22.4 Å². The van der Waals surface area contributed by atoms with Gasteiger partial charge in [-0.3, -0.25) is 4.79 Å². The van der Waals surface area contributed by atoms with Gasteiger partial charge in [-0.2, -0.15) is 17.0 Å². The van der Waals surface area contributed by atoms with Crippen molar-refractivity contribution >= 4 is 39.4 Å². The molecule has 1 aliphatic heterocycles. The van der Waals surface area contributed by atoms with E-state index in [4.69, 9.17) is 16.3 Å². The summed E-state index contributed by atoms with van der Waals surface area (Å²) in [7, 11) is -3.91. The van der Waals surface area contributed by atoms with Crippen LogP contribution in [0.1, 0.15) is 22.8 Å². The molecule has 0 unspecified atom stereocenters. The third-order valence-corrected chi connectivity index (χ3v) is 6.91. The van der Waals surface area contributed by atoms with Gasteiger partial charge in [0.25, 0.3) is 10.2 Å². The number of benzene rings is 2. The number of ether oxygens (including phenoxy) is 1. The highest BCUT2D eigenvalue weighted by Gasteiger charge is 2.37. The van der Waals surface area contributed by atoms with Crippen molar-refractivity contribution in [1.29, 1.82) is 0 Å². The molecule has 2 aromatic rings. The third kappa shape index (κ3) is 5.40. The second-order valence-corrected chi connectivity index (χ2v) is 9.06. The molecule has 0 spiro atoms. The average Bonchev–Trinajstić information content (AvgIpc) is 2.98. The van der Waals surface area contributed by atoms with Gasteiger partial charge in [-0.1, -0.05) is 29.8 Å². The number of nitrogens with zero attached hydrogens (tertiary/aromatic N) is 2. The minimum atomic E-state index is -3.91. The van der Waals surface area contributed by atoms with Crippen molar-refractivity contribution in [1.82, 2.24) is 8.61 Å². The molecule has 0 aromatic heterocycles. The maximum atomic E-state index is 13.2. The van der Waals surface area contributed by atoms with Crippen LogP contribution in [0.15, 0.2) is 42.5 Å². The average molecular weight is 470 g/mol. The van der Waals surface area contributed by atoms with E-state index in [1.807, 2.05) is 0 Å². The zero-order valence-electron chi connectivity index (χ0n) is 16.7. The Hall–Kier alpha value is -2.53. The maximum absolute atomic E-state index is 13.2. The predicted octanol–water partition coefficient (Wildman–Crippen LogP) is 2.66. The Balaban J connectivity index is 1.67. The molecule has 0 saturated carbocycles. The number of carbonyl (C=O) groups excluding carboxylic acids is 2. The molecular formula is C20H21ClFN3O5S. The lowest BCUT2D eigenvalue weighted by Crippen LogP contribution is -2.38. The first-order valence-electron chi connectivity index (χ1n) is 9.47. The van der Waals surface area contributed by atoms with Crippen molar-refractivity contribution in [3.63, 3.8) is 0 Å². The summed E-state index contributed by atoms with van der Waals surface area (Å²) in [5.41, 5.74) is 0.869. The third-order valence-electron chi connectivity index (χ3n) is 4.63. The number of anilines is 1. The Labute approximate surface area is 184 Å². The van der Waals surface area contributed by atoms with Gasteiger partial charge in [0.2, 0.25) is 5.91 Å². The van der Waals surface area contributed by atoms with E-state index in [0.717, 1.165) is 10.4 Å². The molecule has 0 bridgehead atoms. The Kier molecular flexibility index (Phi) is 7.26. The number of hydrogen-bond donors (Lipinski definition) is 1. The molecule has 1 fully saturated rings. The second-order valence-electron chi connectivity index (χ2n) is 6.72. The zero-order chi connectivity index (χ0) is 22.6. The molecule has 31 heavy (non-hydrogen) atoms. The van der Waals surface area contributed by atoms with Crippen molar-refractivity contribution in [3.05, 3.63) is 64.4 Å². The van der Waals surface area contributed by atoms with E-state index >= 15 is 0 Å². The smallest absolute Gasteiger partial charge is 0.340 e. The summed E-state index contributed by atoms with van der Waals surface area (Å²) in [6.45, 7) is 1.65. The summed E-state index contributed by atoms with van der Waals surface area (Å²) in [5.74, 6) is -1.70. The monoisotopic (exact) mass is 469 g/mol. The summed E-state index contributed by atoms with van der Waals surface area (Å²) in [5, 5.41) is 2.69. The van der Waals surface area contributed by atoms with E-state index in [2.05, 4.69) is 5.32 Å². The van der Waals surface area contributed by atoms with E-state index in [0.29, 0.717) is 5.56 Å². The molecule has 1 amide bonds. The predicted molar refractivity (Wildman–Crippen MR) is 113 cm³/mol. The molecule has 8 nitrogen and oxygen atoms in total. The van der Waals surface area contributed by atoms with Crippen LogP contribution in [0.25, 0.3) is 0 Å². The van der Waals surface area contributed by atoms with Gasteiger partial charge in [0.1, 0.15) is 5.82 Å². The molecule has 0 atom stereocenters. The van der Waals surface area contributed by atoms with Crippen LogP contribution < -0.4 is 5.32 Å². The van der Waals surface area contributed by atoms with Crippen LogP contribution >= 0.6 is 11.6 Å². The Morgan fingerprint density at radius 1 is 1.16 bits per heavy atom. The molecule has 1 heterocycles. The van der Waals surface area contributed by atoms with Crippen LogP contribution in [-0.4, -0.2) is 55.1 Å². The van der Waals surface area contributed by atoms with Gasteiger partial charge >= 0.3 is 5.97 Å². The van der Waals surface area contributed by atoms with Crippen molar-refractivity contribution < 1.29 is 27.1 Å². The standard InChI is InChI=1S/C20H21ClFN3O5S/c1-2-30-20(27)16-5-3-4-6-18(16)23-19(26)13-25-10-9-24(31(25,28)29)12-14-7-8-15(22)11-17(14)21/h3-8,11H,2,9-10,12-13H2,1H3,(H,23,26). The highest BCUT2D eigenvalue weighted by atomic mass is 35.5. The summed E-state index contributed by atoms with van der Waals surface area (Å²) >= 11 is 6.00. The molecule has 1 aliphatic rings. The molecule has 3 rings (SSSR count). The maximum Gasteiger partial charge on any atom is 0.340 e. The van der Waals surface area contributed by atoms with Crippen molar-refractivity contribution in [2.45, 2.75) is 13.5 Å². The lowest BCUT2D eigenvalue weighted by atomic mass is 10.2. The van der Waals surface area contributed by atoms with Crippen LogP contribution in [0, 0.1) is 5.82 Å². The number of hydrogen-bond acceptors (Lipinski definition) is 5. The normalized spacial score (nSPS) is 16.2. The quantitative estimate of drug-likeness (QED) is 0.629. The summed E-state index contributed by atoms with van der Waals surface area (Å²) in [6.07, 6.45) is 0. The Bertz CT molecular complexity index is 1100. The number of rotatable bonds is 7. The van der Waals surface area contributed by atoms with E-state index in [-0.39, 0.29) is 42.5 Å². The molecular weight excluding hydrogens is 449 g/mol. The number of esters is 1. The van der Waals surface area contributed by atoms with E-state index < -0.39 is 34.4 Å². The lowest BCUT2D eigenvalue weighted by Gasteiger charge is -2.19. The minimum absolute atomic E-state index is 0.0365. The molecule has 166 valence electrons. The van der Waals surface area contributed by atoms with Gasteiger partial charge in [0, 0.05) is 24.7 Å². The zero-order valence-corrected chi connectivity index (χ0v) is 18.2. The first-order valence-corrected chi connectivity index (χ1v) is 11.2. The van der Waals surface area contributed by atoms with Crippen molar-refractivity contribution in [2.75, 3.05) is 31.6 Å². The molecule has 11 heteroatoms. The number of amides is 1. The van der Waals surface area contributed by atoms with Gasteiger partial charge in [0.15, 0.2) is 0 Å². The fraction of sp³-hybridized carbons (Fsp3) is 0.300. The second kappa shape index (κ2) is 9.73. The fourth-order valence-corrected chi connectivity index (χ4v) is 4.87. The number of nitrogens with one attached hydrogen (secondary N) is 1. The van der Waals surface area contributed by atoms with Gasteiger partial charge in [-0.25, -0.2) is 9.18 Å². The molecule has 1 N–H and O–H groups in total. The molecule has 1 saturated heterocycles. The highest BCUT2D eigenvalue weighted by Crippen LogP contribution is 2.24. The summed E-state index contributed by atoms with van der Waals surface area (Å²) in [6, 6.07) is 10.1. The minimum Gasteiger partial charge on any atom is -0.462 e. The Morgan fingerprint density at radius 2 is 1.87 bits per heavy atom. The van der Waals surface area contributed by atoms with Crippen LogP contribution in [0.5, 0.6) is 0 Å². The Morgan fingerprint density at radius 3 is 2.58 bits per heavy atom. The van der Waals surface area contributed by atoms with Gasteiger partial charge in [-0.15, -0.1) is 0 Å². The molecule has 2 aromatic carbocycles. The first-order chi connectivity index (χ1) is 14.7. The topological polar surface area (TPSA) is 96.0 Å². The lowest BCUT2D eigenvalue weighted by molar-refractivity contribution is -0.116. The fourth-order valence-electron chi connectivity index (χ4n) is 3.11. The number of halogens is 2. The summed E-state index contributed by atoms with van der Waals surface area (Å²) in [4.78, 5) is 24.5. The van der Waals surface area contributed by atoms with Crippen molar-refractivity contribution in [3.8, 4) is 0 Å². The largest absolute Gasteiger partial charge is 0.462 e. The van der Waals surface area contributed by atoms with Crippen LogP contribution in [0.3, 0.4) is 0 Å². The summed E-state index contributed by atoms with van der Waals surface area (Å²) < 4.78 is 46.0. The van der Waals surface area contributed by atoms with Crippen LogP contribution in [-0.2, 0) is 26.3 Å². The molecule has 0 aliphatic carbocycles. The van der Waals surface area contributed by atoms with Crippen molar-refractivity contribution in [2.24, 2.45) is 0 Å². The van der Waals surface area contributed by atoms with Crippen LogP contribution in [0.4, 0.5) is 10.1 Å². The van der Waals surface area contributed by atoms with E-state index in [1.165, 1.54) is 28.6 Å². The van der Waals surface area contributed by atoms with Crippen LogP contribution in [0.2, 0.25) is 5.02 Å². The van der Waals surface area contributed by atoms with Gasteiger partial charge < -0.3 is 10.1 Å². The first kappa shape index (κ1) is 23.1.